The van der Waals surface area contributed by atoms with Crippen molar-refractivity contribution >= 4 is 5.97 Å². The molecule has 17 heavy (non-hydrogen) atoms. The van der Waals surface area contributed by atoms with E-state index in [2.05, 4.69) is 19.2 Å². The SMILES string of the molecule is C[C@@H]1CN[C@@H](C)C[C@@H]1OC(=O)c1ccccc1. The molecule has 1 saturated heterocycles. The molecule has 92 valence electrons. The maximum Gasteiger partial charge on any atom is 0.338 e. The van der Waals surface area contributed by atoms with E-state index < -0.39 is 0 Å². The molecule has 0 radical (unpaired) electrons. The Kier molecular flexibility index (Phi) is 3.79. The van der Waals surface area contributed by atoms with Gasteiger partial charge in [0.1, 0.15) is 6.10 Å². The first-order valence-corrected chi connectivity index (χ1v) is 6.16. The Morgan fingerprint density at radius 2 is 2.00 bits per heavy atom. The molecule has 1 aliphatic rings. The maximum absolute atomic E-state index is 11.9. The summed E-state index contributed by atoms with van der Waals surface area (Å²) >= 11 is 0. The fraction of sp³-hybridized carbons (Fsp3) is 0.500. The largest absolute Gasteiger partial charge is 0.458 e. The van der Waals surface area contributed by atoms with E-state index in [1.807, 2.05) is 18.2 Å². The van der Waals surface area contributed by atoms with Crippen molar-refractivity contribution in [3.63, 3.8) is 0 Å². The van der Waals surface area contributed by atoms with E-state index in [1.165, 1.54) is 0 Å². The van der Waals surface area contributed by atoms with Crippen LogP contribution in [0, 0.1) is 5.92 Å². The Hall–Kier alpha value is -1.35. The molecule has 1 aliphatic heterocycles. The van der Waals surface area contributed by atoms with Crippen molar-refractivity contribution in [3.8, 4) is 0 Å². The average molecular weight is 233 g/mol. The fourth-order valence-electron chi connectivity index (χ4n) is 2.13. The molecule has 0 aliphatic carbocycles. The van der Waals surface area contributed by atoms with Gasteiger partial charge in [-0.1, -0.05) is 25.1 Å². The Morgan fingerprint density at radius 3 is 2.71 bits per heavy atom. The number of ether oxygens (including phenoxy) is 1. The van der Waals surface area contributed by atoms with Gasteiger partial charge in [0.05, 0.1) is 5.56 Å². The van der Waals surface area contributed by atoms with E-state index >= 15 is 0 Å². The average Bonchev–Trinajstić information content (AvgIpc) is 2.35. The van der Waals surface area contributed by atoms with Crippen molar-refractivity contribution in [1.29, 1.82) is 0 Å². The molecule has 0 aromatic heterocycles. The molecule has 1 aromatic carbocycles. The number of hydrogen-bond donors (Lipinski definition) is 1. The summed E-state index contributed by atoms with van der Waals surface area (Å²) in [5, 5.41) is 3.38. The number of esters is 1. The molecular weight excluding hydrogens is 214 g/mol. The zero-order valence-corrected chi connectivity index (χ0v) is 10.3. The minimum Gasteiger partial charge on any atom is -0.458 e. The first-order chi connectivity index (χ1) is 8.16. The predicted octanol–water partition coefficient (Wildman–Crippen LogP) is 2.23. The lowest BCUT2D eigenvalue weighted by atomic mass is 9.93. The standard InChI is InChI=1S/C14H19NO2/c1-10-9-15-11(2)8-13(10)17-14(16)12-6-4-3-5-7-12/h3-7,10-11,13,15H,8-9H2,1-2H3/t10-,11+,13+/m1/s1. The lowest BCUT2D eigenvalue weighted by Crippen LogP contribution is -2.45. The van der Waals surface area contributed by atoms with Crippen molar-refractivity contribution in [2.45, 2.75) is 32.4 Å². The number of carbonyl (C=O) groups is 1. The molecule has 0 unspecified atom stereocenters. The van der Waals surface area contributed by atoms with E-state index in [0.29, 0.717) is 17.5 Å². The van der Waals surface area contributed by atoms with Gasteiger partial charge in [-0.2, -0.15) is 0 Å². The zero-order chi connectivity index (χ0) is 12.3. The summed E-state index contributed by atoms with van der Waals surface area (Å²) in [5.41, 5.74) is 0.630. The first kappa shape index (κ1) is 12.1. The summed E-state index contributed by atoms with van der Waals surface area (Å²) in [7, 11) is 0. The van der Waals surface area contributed by atoms with Gasteiger partial charge in [0.25, 0.3) is 0 Å². The smallest absolute Gasteiger partial charge is 0.338 e. The highest BCUT2D eigenvalue weighted by Gasteiger charge is 2.28. The third-order valence-corrected chi connectivity index (χ3v) is 3.28. The lowest BCUT2D eigenvalue weighted by Gasteiger charge is -2.33. The minimum absolute atomic E-state index is 0.0268. The van der Waals surface area contributed by atoms with Gasteiger partial charge in [-0.05, 0) is 25.5 Å². The topological polar surface area (TPSA) is 38.3 Å². The van der Waals surface area contributed by atoms with Crippen molar-refractivity contribution in [2.24, 2.45) is 5.92 Å². The van der Waals surface area contributed by atoms with Crippen LogP contribution in [0.1, 0.15) is 30.6 Å². The Labute approximate surface area is 102 Å². The molecule has 3 nitrogen and oxygen atoms in total. The molecule has 0 saturated carbocycles. The van der Waals surface area contributed by atoms with Crippen LogP contribution < -0.4 is 5.32 Å². The summed E-state index contributed by atoms with van der Waals surface area (Å²) in [6, 6.07) is 9.59. The fourth-order valence-corrected chi connectivity index (χ4v) is 2.13. The number of benzene rings is 1. The van der Waals surface area contributed by atoms with Crippen LogP contribution in [0.15, 0.2) is 30.3 Å². The van der Waals surface area contributed by atoms with Gasteiger partial charge in [-0.3, -0.25) is 0 Å². The highest BCUT2D eigenvalue weighted by atomic mass is 16.5. The molecule has 1 heterocycles. The van der Waals surface area contributed by atoms with Crippen LogP contribution in [0.5, 0.6) is 0 Å². The third-order valence-electron chi connectivity index (χ3n) is 3.28. The maximum atomic E-state index is 11.9. The van der Waals surface area contributed by atoms with Crippen LogP contribution in [0.25, 0.3) is 0 Å². The molecule has 1 fully saturated rings. The molecule has 0 spiro atoms. The van der Waals surface area contributed by atoms with Gasteiger partial charge in [-0.15, -0.1) is 0 Å². The summed E-state index contributed by atoms with van der Waals surface area (Å²) in [6.07, 6.45) is 0.915. The van der Waals surface area contributed by atoms with Crippen LogP contribution >= 0.6 is 0 Å². The number of rotatable bonds is 2. The van der Waals surface area contributed by atoms with Gasteiger partial charge < -0.3 is 10.1 Å². The van der Waals surface area contributed by atoms with Gasteiger partial charge in [-0.25, -0.2) is 4.79 Å². The predicted molar refractivity (Wildman–Crippen MR) is 66.9 cm³/mol. The molecule has 0 amide bonds. The van der Waals surface area contributed by atoms with Crippen molar-refractivity contribution in [2.75, 3.05) is 6.54 Å². The summed E-state index contributed by atoms with van der Waals surface area (Å²) in [6.45, 7) is 5.14. The van der Waals surface area contributed by atoms with Gasteiger partial charge >= 0.3 is 5.97 Å². The van der Waals surface area contributed by atoms with E-state index in [-0.39, 0.29) is 12.1 Å². The van der Waals surface area contributed by atoms with Gasteiger partial charge in [0.15, 0.2) is 0 Å². The van der Waals surface area contributed by atoms with E-state index in [4.69, 9.17) is 4.74 Å². The van der Waals surface area contributed by atoms with Crippen molar-refractivity contribution < 1.29 is 9.53 Å². The monoisotopic (exact) mass is 233 g/mol. The second kappa shape index (κ2) is 5.32. The quantitative estimate of drug-likeness (QED) is 0.796. The van der Waals surface area contributed by atoms with Crippen LogP contribution in [-0.4, -0.2) is 24.7 Å². The van der Waals surface area contributed by atoms with Crippen molar-refractivity contribution in [3.05, 3.63) is 35.9 Å². The molecule has 1 N–H and O–H groups in total. The zero-order valence-electron chi connectivity index (χ0n) is 10.3. The number of nitrogens with one attached hydrogen (secondary N) is 1. The molecule has 3 heteroatoms. The minimum atomic E-state index is -0.212. The highest BCUT2D eigenvalue weighted by molar-refractivity contribution is 5.89. The van der Waals surface area contributed by atoms with E-state index in [0.717, 1.165) is 13.0 Å². The van der Waals surface area contributed by atoms with Crippen LogP contribution in [0.4, 0.5) is 0 Å². The van der Waals surface area contributed by atoms with Crippen LogP contribution in [0.2, 0.25) is 0 Å². The molecule has 0 bridgehead atoms. The second-order valence-electron chi connectivity index (χ2n) is 4.83. The number of hydrogen-bond acceptors (Lipinski definition) is 3. The first-order valence-electron chi connectivity index (χ1n) is 6.16. The Morgan fingerprint density at radius 1 is 1.29 bits per heavy atom. The highest BCUT2D eigenvalue weighted by Crippen LogP contribution is 2.19. The van der Waals surface area contributed by atoms with Gasteiger partial charge in [0, 0.05) is 18.5 Å². The van der Waals surface area contributed by atoms with Crippen LogP contribution in [-0.2, 0) is 4.74 Å². The molecule has 2 rings (SSSR count). The van der Waals surface area contributed by atoms with Crippen molar-refractivity contribution in [1.82, 2.24) is 5.32 Å². The summed E-state index contributed by atoms with van der Waals surface area (Å²) < 4.78 is 5.58. The number of carbonyl (C=O) groups excluding carboxylic acids is 1. The molecule has 3 atom stereocenters. The van der Waals surface area contributed by atoms with E-state index in [9.17, 15) is 4.79 Å². The number of piperidine rings is 1. The van der Waals surface area contributed by atoms with Gasteiger partial charge in [0.2, 0.25) is 0 Å². The second-order valence-corrected chi connectivity index (χ2v) is 4.83. The molecular formula is C14H19NO2. The third kappa shape index (κ3) is 3.07. The summed E-state index contributed by atoms with van der Waals surface area (Å²) in [5.74, 6) is 0.162. The molecule has 1 aromatic rings. The summed E-state index contributed by atoms with van der Waals surface area (Å²) in [4.78, 5) is 11.9. The Bertz CT molecular complexity index is 377. The normalized spacial score (nSPS) is 28.7. The lowest BCUT2D eigenvalue weighted by molar-refractivity contribution is 0.00287. The Balaban J connectivity index is 1.98. The van der Waals surface area contributed by atoms with Crippen LogP contribution in [0.3, 0.4) is 0 Å². The van der Waals surface area contributed by atoms with E-state index in [1.54, 1.807) is 12.1 Å².